The predicted octanol–water partition coefficient (Wildman–Crippen LogP) is 3.84. The van der Waals surface area contributed by atoms with E-state index in [-0.39, 0.29) is 54.6 Å². The van der Waals surface area contributed by atoms with E-state index in [4.69, 9.17) is 16.3 Å². The number of aliphatic hydroxyl groups excluding tert-OH is 1. The highest BCUT2D eigenvalue weighted by Crippen LogP contribution is 2.43. The van der Waals surface area contributed by atoms with Crippen LogP contribution < -0.4 is 10.2 Å². The first-order valence-corrected chi connectivity index (χ1v) is 13.8. The van der Waals surface area contributed by atoms with E-state index in [9.17, 15) is 14.7 Å². The number of benzene rings is 1. The third-order valence-corrected chi connectivity index (χ3v) is 7.61. The molecule has 1 aromatic heterocycles. The molecule has 0 saturated carbocycles. The Morgan fingerprint density at radius 3 is 2.59 bits per heavy atom. The molecule has 11 heteroatoms. The van der Waals surface area contributed by atoms with Crippen molar-refractivity contribution in [3.8, 4) is 0 Å². The number of nitrogens with one attached hydrogen (secondary N) is 1. The zero-order chi connectivity index (χ0) is 27.4. The molecule has 4 rings (SSSR count). The number of amides is 1. The maximum atomic E-state index is 13.9. The van der Waals surface area contributed by atoms with E-state index in [1.54, 1.807) is 19.1 Å². The number of fused-ring (bicyclic) bond motifs is 1. The van der Waals surface area contributed by atoms with Gasteiger partial charge in [-0.25, -0.2) is 9.97 Å². The number of anilines is 1. The minimum Gasteiger partial charge on any atom is -0.466 e. The maximum absolute atomic E-state index is 13.9. The molecule has 0 spiro atoms. The number of hydrogen-bond acceptors (Lipinski definition) is 8. The van der Waals surface area contributed by atoms with E-state index in [1.807, 2.05) is 17.0 Å². The smallest absolute Gasteiger partial charge is 0.307 e. The second kappa shape index (κ2) is 13.7. The van der Waals surface area contributed by atoms with Gasteiger partial charge < -0.3 is 25.0 Å². The lowest BCUT2D eigenvalue weighted by Crippen LogP contribution is -2.57. The molecule has 1 fully saturated rings. The number of nitrogens with zero attached hydrogens (tertiary/aromatic N) is 4. The normalized spacial score (nSPS) is 21.4. The molecule has 0 radical (unpaired) electrons. The Bertz CT molecular complexity index is 1130. The van der Waals surface area contributed by atoms with Crippen molar-refractivity contribution in [1.82, 2.24) is 20.2 Å². The molecule has 2 heterocycles. The first-order chi connectivity index (χ1) is 18.2. The van der Waals surface area contributed by atoms with Gasteiger partial charge in [0.25, 0.3) is 0 Å². The molecule has 214 valence electrons. The molecule has 9 nitrogen and oxygen atoms in total. The van der Waals surface area contributed by atoms with Crippen molar-refractivity contribution in [3.05, 3.63) is 52.4 Å². The fraction of sp³-hybridized carbons (Fsp3) is 0.571. The zero-order valence-corrected chi connectivity index (χ0v) is 24.5. The number of aromatic nitrogens is 2. The molecule has 0 bridgehead atoms. The average molecular weight is 581 g/mol. The van der Waals surface area contributed by atoms with Crippen LogP contribution in [0.3, 0.4) is 0 Å². The van der Waals surface area contributed by atoms with Gasteiger partial charge in [0.05, 0.1) is 36.8 Å². The number of piperazine rings is 1. The second-order valence-corrected chi connectivity index (χ2v) is 10.9. The lowest BCUT2D eigenvalue weighted by atomic mass is 9.95. The predicted molar refractivity (Wildman–Crippen MR) is 154 cm³/mol. The van der Waals surface area contributed by atoms with Gasteiger partial charge in [-0.3, -0.25) is 9.59 Å². The number of rotatable bonds is 9. The minimum absolute atomic E-state index is 0. The Morgan fingerprint density at radius 2 is 1.92 bits per heavy atom. The van der Waals surface area contributed by atoms with Gasteiger partial charge in [-0.15, -0.1) is 12.4 Å². The summed E-state index contributed by atoms with van der Waals surface area (Å²) in [5.41, 5.74) is 2.47. The summed E-state index contributed by atoms with van der Waals surface area (Å²) in [4.78, 5) is 39.5. The van der Waals surface area contributed by atoms with E-state index in [2.05, 4.69) is 41.0 Å². The number of hydrogen-bond donors (Lipinski definition) is 2. The van der Waals surface area contributed by atoms with Crippen LogP contribution in [0.5, 0.6) is 0 Å². The van der Waals surface area contributed by atoms with Crippen molar-refractivity contribution in [2.75, 3.05) is 37.7 Å². The Morgan fingerprint density at radius 1 is 1.21 bits per heavy atom. The molecule has 2 aromatic rings. The van der Waals surface area contributed by atoms with Crippen LogP contribution in [0, 0.1) is 0 Å². The number of carbonyl (C=O) groups excluding carboxylic acids is 2. The molecule has 1 aliphatic carbocycles. The molecule has 1 aromatic carbocycles. The second-order valence-electron chi connectivity index (χ2n) is 10.5. The molecule has 4 atom stereocenters. The largest absolute Gasteiger partial charge is 0.466 e. The van der Waals surface area contributed by atoms with Gasteiger partial charge >= 0.3 is 5.97 Å². The molecule has 1 amide bonds. The number of halogens is 2. The minimum atomic E-state index is -0.623. The van der Waals surface area contributed by atoms with Crippen LogP contribution >= 0.6 is 24.0 Å². The monoisotopic (exact) mass is 579 g/mol. The summed E-state index contributed by atoms with van der Waals surface area (Å²) in [7, 11) is 0. The van der Waals surface area contributed by atoms with Crippen LogP contribution in [0.15, 0.2) is 30.6 Å². The Labute approximate surface area is 241 Å². The lowest BCUT2D eigenvalue weighted by molar-refractivity contribution is -0.144. The van der Waals surface area contributed by atoms with Crippen LogP contribution in [0.2, 0.25) is 5.02 Å². The zero-order valence-electron chi connectivity index (χ0n) is 23.0. The fourth-order valence-electron chi connectivity index (χ4n) is 5.47. The average Bonchev–Trinajstić information content (AvgIpc) is 3.18. The highest BCUT2D eigenvalue weighted by atomic mass is 35.5. The van der Waals surface area contributed by atoms with Gasteiger partial charge in [-0.1, -0.05) is 44.5 Å². The van der Waals surface area contributed by atoms with Crippen molar-refractivity contribution in [1.29, 1.82) is 0 Å². The molecule has 1 saturated heterocycles. The van der Waals surface area contributed by atoms with Crippen molar-refractivity contribution in [3.63, 3.8) is 0 Å². The van der Waals surface area contributed by atoms with Crippen LogP contribution in [0.4, 0.5) is 5.82 Å². The molecule has 2 aliphatic rings. The van der Waals surface area contributed by atoms with Crippen LogP contribution in [-0.4, -0.2) is 76.7 Å². The number of ether oxygens (including phenoxy) is 1. The molecule has 39 heavy (non-hydrogen) atoms. The first kappa shape index (κ1) is 31.1. The summed E-state index contributed by atoms with van der Waals surface area (Å²) in [5.74, 6) is 0.131. The Kier molecular flexibility index (Phi) is 11.0. The summed E-state index contributed by atoms with van der Waals surface area (Å²) in [6, 6.07) is 7.31. The third-order valence-electron chi connectivity index (χ3n) is 7.35. The Balaban J connectivity index is 0.00000420. The molecular weight excluding hydrogens is 541 g/mol. The third kappa shape index (κ3) is 7.20. The van der Waals surface area contributed by atoms with E-state index < -0.39 is 6.10 Å². The van der Waals surface area contributed by atoms with Crippen molar-refractivity contribution < 1.29 is 19.4 Å². The van der Waals surface area contributed by atoms with Gasteiger partial charge in [-0.05, 0) is 37.0 Å². The SMILES string of the molecule is CCOC(=O)CC1CN(C(=O)C(CNC(C)C)c2ccc(Cl)cc2)CCN1c1ncnc2c1[C@H](C)C[C@H]2O.Cl. The van der Waals surface area contributed by atoms with E-state index in [0.717, 1.165) is 16.9 Å². The van der Waals surface area contributed by atoms with E-state index >= 15 is 0 Å². The highest BCUT2D eigenvalue weighted by Gasteiger charge is 2.39. The Hall–Kier alpha value is -2.46. The fourth-order valence-corrected chi connectivity index (χ4v) is 5.60. The molecule has 2 N–H and O–H groups in total. The quantitative estimate of drug-likeness (QED) is 0.431. The van der Waals surface area contributed by atoms with E-state index in [1.165, 1.54) is 6.33 Å². The topological polar surface area (TPSA) is 108 Å². The highest BCUT2D eigenvalue weighted by molar-refractivity contribution is 6.30. The maximum Gasteiger partial charge on any atom is 0.307 e. The van der Waals surface area contributed by atoms with E-state index in [0.29, 0.717) is 49.9 Å². The molecule has 1 aliphatic heterocycles. The molecule has 2 unspecified atom stereocenters. The van der Waals surface area contributed by atoms with Crippen LogP contribution in [0.25, 0.3) is 0 Å². The van der Waals surface area contributed by atoms with Gasteiger partial charge in [0.15, 0.2) is 0 Å². The number of carbonyl (C=O) groups is 2. The van der Waals surface area contributed by atoms with Crippen LogP contribution in [0.1, 0.15) is 75.3 Å². The summed E-state index contributed by atoms with van der Waals surface area (Å²) in [6.45, 7) is 10.1. The number of esters is 1. The lowest BCUT2D eigenvalue weighted by Gasteiger charge is -2.43. The summed E-state index contributed by atoms with van der Waals surface area (Å²) in [6.07, 6.45) is 1.57. The van der Waals surface area contributed by atoms with Crippen molar-refractivity contribution in [2.24, 2.45) is 0 Å². The first-order valence-electron chi connectivity index (χ1n) is 13.4. The standard InChI is InChI=1S/C28H38ClN5O4.ClH/c1-5-38-24(36)13-21-15-33(28(37)22(14-30-17(2)3)19-6-8-20(29)9-7-19)10-11-34(21)27-25-18(4)12-23(35)26(25)31-16-32-27;/h6-9,16-18,21-23,30,35H,5,10-15H2,1-4H3;1H/t18-,21?,22?,23-;/m1./s1. The molecular formula is C28H39Cl2N5O4. The summed E-state index contributed by atoms with van der Waals surface area (Å²) < 4.78 is 5.28. The van der Waals surface area contributed by atoms with Gasteiger partial charge in [0, 0.05) is 42.8 Å². The van der Waals surface area contributed by atoms with Gasteiger partial charge in [0.2, 0.25) is 5.91 Å². The van der Waals surface area contributed by atoms with Crippen LogP contribution in [-0.2, 0) is 14.3 Å². The van der Waals surface area contributed by atoms with Crippen molar-refractivity contribution >= 4 is 41.7 Å². The summed E-state index contributed by atoms with van der Waals surface area (Å²) >= 11 is 6.11. The van der Waals surface area contributed by atoms with Crippen molar-refractivity contribution in [2.45, 2.75) is 70.6 Å². The summed E-state index contributed by atoms with van der Waals surface area (Å²) in [5, 5.41) is 14.5. The van der Waals surface area contributed by atoms with Gasteiger partial charge in [0.1, 0.15) is 12.1 Å². The van der Waals surface area contributed by atoms with Gasteiger partial charge in [-0.2, -0.15) is 0 Å². The number of aliphatic hydroxyl groups is 1.